The number of piperidine rings is 1. The molecule has 1 aromatic carbocycles. The van der Waals surface area contributed by atoms with Gasteiger partial charge >= 0.3 is 0 Å². The molecule has 4 nitrogen and oxygen atoms in total. The predicted molar refractivity (Wildman–Crippen MR) is 107 cm³/mol. The molecule has 1 saturated carbocycles. The summed E-state index contributed by atoms with van der Waals surface area (Å²) in [5.41, 5.74) is 6.61. The molecule has 0 aromatic heterocycles. The Balaban J connectivity index is 1.19. The number of ether oxygens (including phenoxy) is 1. The number of nitrogens with zero attached hydrogens (tertiary/aromatic N) is 2. The average molecular weight is 410 g/mol. The molecule has 5 atom stereocenters. The summed E-state index contributed by atoms with van der Waals surface area (Å²) in [5.74, 6) is 0.604. The quantitative estimate of drug-likeness (QED) is 0.774. The fourth-order valence-corrected chi connectivity index (χ4v) is 6.36. The van der Waals surface area contributed by atoms with E-state index < -0.39 is 17.7 Å². The maximum Gasteiger partial charge on any atom is 0.129 e. The Labute approximate surface area is 169 Å². The van der Waals surface area contributed by atoms with E-state index in [9.17, 15) is 8.78 Å². The minimum atomic E-state index is -0.567. The van der Waals surface area contributed by atoms with Gasteiger partial charge in [-0.15, -0.1) is 0 Å². The fourth-order valence-electron chi connectivity index (χ4n) is 5.10. The van der Waals surface area contributed by atoms with Gasteiger partial charge in [0.1, 0.15) is 17.7 Å². The summed E-state index contributed by atoms with van der Waals surface area (Å²) in [5, 5.41) is 0.874. The molecule has 7 heteroatoms. The van der Waals surface area contributed by atoms with E-state index in [0.29, 0.717) is 6.61 Å². The molecular weight excluding hydrogens is 380 g/mol. The molecule has 4 aliphatic rings. The van der Waals surface area contributed by atoms with Crippen molar-refractivity contribution in [2.75, 3.05) is 32.8 Å². The summed E-state index contributed by atoms with van der Waals surface area (Å²) in [4.78, 5) is 2.54. The van der Waals surface area contributed by atoms with Gasteiger partial charge in [-0.3, -0.25) is 9.21 Å². The van der Waals surface area contributed by atoms with Crippen LogP contribution in [0.15, 0.2) is 18.2 Å². The van der Waals surface area contributed by atoms with Crippen molar-refractivity contribution in [3.8, 4) is 0 Å². The third-order valence-corrected chi connectivity index (χ3v) is 8.20. The van der Waals surface area contributed by atoms with E-state index in [-0.39, 0.29) is 17.6 Å². The molecule has 3 heterocycles. The molecular formula is C21H29F2N3OS. The lowest BCUT2D eigenvalue weighted by Crippen LogP contribution is -2.48. The highest BCUT2D eigenvalue weighted by atomic mass is 32.2. The molecule has 0 radical (unpaired) electrons. The number of hydrogen-bond donors (Lipinski definition) is 1. The number of hydrogen-bond acceptors (Lipinski definition) is 5. The van der Waals surface area contributed by atoms with E-state index in [1.165, 1.54) is 38.4 Å². The minimum Gasteiger partial charge on any atom is -0.370 e. The van der Waals surface area contributed by atoms with Crippen LogP contribution in [0.3, 0.4) is 0 Å². The van der Waals surface area contributed by atoms with E-state index in [4.69, 9.17) is 10.5 Å². The van der Waals surface area contributed by atoms with Crippen molar-refractivity contribution >= 4 is 11.9 Å². The van der Waals surface area contributed by atoms with Gasteiger partial charge in [-0.2, -0.15) is 0 Å². The first kappa shape index (κ1) is 19.2. The standard InChI is InChI=1S/C21H29F2N3OS/c22-15-1-4-19(23)18(7-15)21-20(24)8-16(12-27-21)25-9-13-5-6-26(11-14(13)10-25)28-17-2-3-17/h1,4,7,13-14,16-17,20-21H,2-3,5-6,8-12,24H2. The predicted octanol–water partition coefficient (Wildman–Crippen LogP) is 3.19. The van der Waals surface area contributed by atoms with Gasteiger partial charge in [0.15, 0.2) is 0 Å². The minimum absolute atomic E-state index is 0.244. The molecule has 3 saturated heterocycles. The zero-order valence-electron chi connectivity index (χ0n) is 16.1. The van der Waals surface area contributed by atoms with Crippen LogP contribution in [0.1, 0.15) is 37.4 Å². The topological polar surface area (TPSA) is 41.7 Å². The van der Waals surface area contributed by atoms with Crippen LogP contribution in [-0.2, 0) is 4.74 Å². The summed E-state index contributed by atoms with van der Waals surface area (Å²) in [6.07, 6.45) is 4.23. The lowest BCUT2D eigenvalue weighted by atomic mass is 9.90. The maximum atomic E-state index is 14.1. The smallest absolute Gasteiger partial charge is 0.129 e. The van der Waals surface area contributed by atoms with E-state index in [1.807, 2.05) is 0 Å². The van der Waals surface area contributed by atoms with Crippen molar-refractivity contribution in [2.24, 2.45) is 17.6 Å². The lowest BCUT2D eigenvalue weighted by Gasteiger charge is -2.39. The second kappa shape index (κ2) is 7.84. The highest BCUT2D eigenvalue weighted by Crippen LogP contribution is 2.42. The van der Waals surface area contributed by atoms with Gasteiger partial charge in [-0.25, -0.2) is 8.78 Å². The van der Waals surface area contributed by atoms with Gasteiger partial charge in [0.2, 0.25) is 0 Å². The Hall–Kier alpha value is -0.730. The van der Waals surface area contributed by atoms with Gasteiger partial charge < -0.3 is 10.5 Å². The molecule has 3 aliphatic heterocycles. The van der Waals surface area contributed by atoms with Gasteiger partial charge in [-0.1, -0.05) is 11.9 Å². The third kappa shape index (κ3) is 3.97. The summed E-state index contributed by atoms with van der Waals surface area (Å²) in [7, 11) is 0. The van der Waals surface area contributed by atoms with Crippen molar-refractivity contribution in [3.63, 3.8) is 0 Å². The van der Waals surface area contributed by atoms with Gasteiger partial charge in [0.05, 0.1) is 6.61 Å². The SMILES string of the molecule is NC1CC(N2CC3CCN(SC4CC4)CC3C2)COC1c1cc(F)ccc1F. The molecule has 2 N–H and O–H groups in total. The number of nitrogens with two attached hydrogens (primary N) is 1. The Morgan fingerprint density at radius 3 is 2.68 bits per heavy atom. The van der Waals surface area contributed by atoms with Crippen LogP contribution in [-0.4, -0.2) is 59.3 Å². The summed E-state index contributed by atoms with van der Waals surface area (Å²) < 4.78 is 36.3. The summed E-state index contributed by atoms with van der Waals surface area (Å²) >= 11 is 2.08. The molecule has 28 heavy (non-hydrogen) atoms. The second-order valence-corrected chi connectivity index (χ2v) is 10.3. The van der Waals surface area contributed by atoms with Crippen molar-refractivity contribution in [3.05, 3.63) is 35.4 Å². The highest BCUT2D eigenvalue weighted by molar-refractivity contribution is 7.97. The first-order valence-electron chi connectivity index (χ1n) is 10.5. The van der Waals surface area contributed by atoms with E-state index in [2.05, 4.69) is 21.2 Å². The maximum absolute atomic E-state index is 14.1. The fraction of sp³-hybridized carbons (Fsp3) is 0.714. The molecule has 154 valence electrons. The Kier molecular flexibility index (Phi) is 5.39. The molecule has 1 aromatic rings. The Morgan fingerprint density at radius 2 is 1.89 bits per heavy atom. The number of fused-ring (bicyclic) bond motifs is 1. The number of rotatable bonds is 4. The molecule has 1 aliphatic carbocycles. The number of benzene rings is 1. The number of likely N-dealkylation sites (tertiary alicyclic amines) is 1. The largest absolute Gasteiger partial charge is 0.370 e. The Morgan fingerprint density at radius 1 is 1.07 bits per heavy atom. The normalized spacial score (nSPS) is 37.2. The van der Waals surface area contributed by atoms with Gasteiger partial charge in [0, 0.05) is 49.1 Å². The van der Waals surface area contributed by atoms with Crippen LogP contribution in [0.5, 0.6) is 0 Å². The molecule has 0 amide bonds. The van der Waals surface area contributed by atoms with Crippen molar-refractivity contribution in [1.29, 1.82) is 0 Å². The van der Waals surface area contributed by atoms with Crippen molar-refractivity contribution in [2.45, 2.75) is 49.1 Å². The van der Waals surface area contributed by atoms with Crippen LogP contribution < -0.4 is 5.73 Å². The van der Waals surface area contributed by atoms with Gasteiger partial charge in [0.25, 0.3) is 0 Å². The zero-order valence-corrected chi connectivity index (χ0v) is 16.9. The van der Waals surface area contributed by atoms with Gasteiger partial charge in [-0.05, 0) is 55.7 Å². The monoisotopic (exact) mass is 409 g/mol. The van der Waals surface area contributed by atoms with Crippen molar-refractivity contribution < 1.29 is 13.5 Å². The lowest BCUT2D eigenvalue weighted by molar-refractivity contribution is -0.0480. The van der Waals surface area contributed by atoms with Crippen LogP contribution in [0, 0.1) is 23.5 Å². The summed E-state index contributed by atoms with van der Waals surface area (Å²) in [6, 6.07) is 3.46. The highest BCUT2D eigenvalue weighted by Gasteiger charge is 2.43. The molecule has 4 fully saturated rings. The molecule has 5 unspecified atom stereocenters. The third-order valence-electron chi connectivity index (χ3n) is 6.80. The summed E-state index contributed by atoms with van der Waals surface area (Å²) in [6.45, 7) is 5.16. The zero-order chi connectivity index (χ0) is 19.3. The Bertz CT molecular complexity index is 719. The van der Waals surface area contributed by atoms with Crippen LogP contribution in [0.25, 0.3) is 0 Å². The molecule has 5 rings (SSSR count). The van der Waals surface area contributed by atoms with Crippen molar-refractivity contribution in [1.82, 2.24) is 9.21 Å². The van der Waals surface area contributed by atoms with Crippen LogP contribution in [0.2, 0.25) is 0 Å². The van der Waals surface area contributed by atoms with E-state index >= 15 is 0 Å². The number of halogens is 2. The first-order chi connectivity index (χ1) is 13.6. The average Bonchev–Trinajstić information content (AvgIpc) is 3.39. The van der Waals surface area contributed by atoms with Crippen LogP contribution >= 0.6 is 11.9 Å². The van der Waals surface area contributed by atoms with E-state index in [1.54, 1.807) is 0 Å². The second-order valence-electron chi connectivity index (χ2n) is 8.93. The first-order valence-corrected chi connectivity index (χ1v) is 11.4. The van der Waals surface area contributed by atoms with E-state index in [0.717, 1.165) is 48.7 Å². The van der Waals surface area contributed by atoms with Crippen LogP contribution in [0.4, 0.5) is 8.78 Å². The molecule has 0 spiro atoms. The molecule has 0 bridgehead atoms.